The number of thiazole rings is 1. The summed E-state index contributed by atoms with van der Waals surface area (Å²) in [4.78, 5) is 31.9. The minimum atomic E-state index is -0.556. The van der Waals surface area contributed by atoms with Crippen molar-refractivity contribution in [3.05, 3.63) is 61.6 Å². The molecule has 0 unspecified atom stereocenters. The first-order valence-electron chi connectivity index (χ1n) is 8.46. The zero-order valence-electron chi connectivity index (χ0n) is 14.5. The lowest BCUT2D eigenvalue weighted by molar-refractivity contribution is -0.385. The van der Waals surface area contributed by atoms with E-state index in [0.717, 1.165) is 19.8 Å². The minimum Gasteiger partial charge on any atom is -0.345 e. The molecule has 1 aliphatic heterocycles. The summed E-state index contributed by atoms with van der Waals surface area (Å²) in [6, 6.07) is 10.0. The fourth-order valence-electron chi connectivity index (χ4n) is 3.13. The van der Waals surface area contributed by atoms with Crippen molar-refractivity contribution in [2.45, 2.75) is 0 Å². The molecule has 0 saturated carbocycles. The Labute approximate surface area is 177 Å². The van der Waals surface area contributed by atoms with E-state index < -0.39 is 4.92 Å². The first kappa shape index (κ1) is 19.1. The molecule has 10 heteroatoms. The number of fused-ring (bicyclic) bond motifs is 1. The average Bonchev–Trinajstić information content (AvgIpc) is 3.10. The van der Waals surface area contributed by atoms with Gasteiger partial charge in [0.05, 0.1) is 15.1 Å². The molecule has 7 nitrogen and oxygen atoms in total. The average molecular weight is 482 g/mol. The van der Waals surface area contributed by atoms with Crippen molar-refractivity contribution in [3.8, 4) is 0 Å². The van der Waals surface area contributed by atoms with Crippen molar-refractivity contribution in [1.29, 1.82) is 0 Å². The Hall–Kier alpha value is -2.23. The number of halogens is 2. The van der Waals surface area contributed by atoms with E-state index in [0.29, 0.717) is 31.2 Å². The van der Waals surface area contributed by atoms with E-state index in [-0.39, 0.29) is 17.2 Å². The van der Waals surface area contributed by atoms with Gasteiger partial charge in [0.15, 0.2) is 5.13 Å². The molecule has 0 radical (unpaired) electrons. The van der Waals surface area contributed by atoms with E-state index in [1.807, 2.05) is 18.2 Å². The molecule has 1 aliphatic rings. The quantitative estimate of drug-likeness (QED) is 0.404. The smallest absolute Gasteiger partial charge is 0.282 e. The topological polar surface area (TPSA) is 79.6 Å². The van der Waals surface area contributed by atoms with Crippen LogP contribution in [-0.2, 0) is 0 Å². The summed E-state index contributed by atoms with van der Waals surface area (Å²) < 4.78 is 2.10. The number of nitrogens with zero attached hydrogens (tertiary/aromatic N) is 4. The van der Waals surface area contributed by atoms with Gasteiger partial charge in [-0.2, -0.15) is 0 Å². The second-order valence-corrected chi connectivity index (χ2v) is 8.67. The van der Waals surface area contributed by atoms with Crippen molar-refractivity contribution in [3.63, 3.8) is 0 Å². The molecule has 0 atom stereocenters. The number of nitro groups is 1. The molecule has 1 aromatic heterocycles. The Bertz CT molecular complexity index is 1080. The van der Waals surface area contributed by atoms with E-state index in [1.54, 1.807) is 16.2 Å². The highest BCUT2D eigenvalue weighted by atomic mass is 79.9. The van der Waals surface area contributed by atoms with Gasteiger partial charge in [0.25, 0.3) is 11.6 Å². The molecule has 2 aromatic carbocycles. The second-order valence-electron chi connectivity index (χ2n) is 6.31. The molecule has 0 aliphatic carbocycles. The summed E-state index contributed by atoms with van der Waals surface area (Å²) in [7, 11) is 0. The Morgan fingerprint density at radius 1 is 1.18 bits per heavy atom. The van der Waals surface area contributed by atoms with Crippen molar-refractivity contribution in [1.82, 2.24) is 9.88 Å². The molecule has 0 spiro atoms. The summed E-state index contributed by atoms with van der Waals surface area (Å²) in [5.74, 6) is -0.373. The summed E-state index contributed by atoms with van der Waals surface area (Å²) in [5.41, 5.74) is 0.737. The molecule has 2 heterocycles. The van der Waals surface area contributed by atoms with Crippen molar-refractivity contribution >= 4 is 65.8 Å². The number of amides is 1. The zero-order chi connectivity index (χ0) is 19.8. The number of carbonyl (C=O) groups is 1. The maximum Gasteiger partial charge on any atom is 0.282 e. The largest absolute Gasteiger partial charge is 0.345 e. The lowest BCUT2D eigenvalue weighted by atomic mass is 10.1. The fourth-order valence-corrected chi connectivity index (χ4v) is 4.87. The van der Waals surface area contributed by atoms with Crippen LogP contribution in [0.3, 0.4) is 0 Å². The van der Waals surface area contributed by atoms with Crippen molar-refractivity contribution in [2.24, 2.45) is 0 Å². The van der Waals surface area contributed by atoms with Crippen LogP contribution in [0.2, 0.25) is 5.02 Å². The first-order valence-corrected chi connectivity index (χ1v) is 10.5. The van der Waals surface area contributed by atoms with Crippen LogP contribution >= 0.6 is 38.9 Å². The second kappa shape index (κ2) is 7.65. The highest BCUT2D eigenvalue weighted by Gasteiger charge is 2.28. The van der Waals surface area contributed by atoms with Gasteiger partial charge < -0.3 is 9.80 Å². The highest BCUT2D eigenvalue weighted by molar-refractivity contribution is 9.10. The third-order valence-electron chi connectivity index (χ3n) is 4.56. The number of hydrogen-bond donors (Lipinski definition) is 0. The summed E-state index contributed by atoms with van der Waals surface area (Å²) in [6.07, 6.45) is 0. The number of benzene rings is 2. The number of piperazine rings is 1. The van der Waals surface area contributed by atoms with Gasteiger partial charge in [0.2, 0.25) is 0 Å². The van der Waals surface area contributed by atoms with Crippen LogP contribution in [0.5, 0.6) is 0 Å². The zero-order valence-corrected chi connectivity index (χ0v) is 17.6. The van der Waals surface area contributed by atoms with E-state index in [2.05, 4.69) is 25.8 Å². The molecular weight excluding hydrogens is 468 g/mol. The molecule has 1 amide bonds. The van der Waals surface area contributed by atoms with E-state index in [4.69, 9.17) is 11.6 Å². The fraction of sp³-hybridized carbons (Fsp3) is 0.222. The van der Waals surface area contributed by atoms with Gasteiger partial charge in [-0.1, -0.05) is 38.9 Å². The predicted molar refractivity (Wildman–Crippen MR) is 114 cm³/mol. The molecule has 1 saturated heterocycles. The van der Waals surface area contributed by atoms with Crippen LogP contribution in [-0.4, -0.2) is 46.9 Å². The predicted octanol–water partition coefficient (Wildman–Crippen LogP) is 4.58. The molecule has 28 heavy (non-hydrogen) atoms. The monoisotopic (exact) mass is 480 g/mol. The van der Waals surface area contributed by atoms with Crippen LogP contribution in [0.15, 0.2) is 40.9 Å². The Morgan fingerprint density at radius 3 is 2.64 bits per heavy atom. The van der Waals surface area contributed by atoms with Gasteiger partial charge in [0.1, 0.15) is 5.56 Å². The summed E-state index contributed by atoms with van der Waals surface area (Å²) in [6.45, 7) is 2.15. The Morgan fingerprint density at radius 2 is 1.93 bits per heavy atom. The first-order chi connectivity index (χ1) is 13.4. The van der Waals surface area contributed by atoms with Crippen LogP contribution in [0.1, 0.15) is 10.4 Å². The minimum absolute atomic E-state index is 0.0239. The van der Waals surface area contributed by atoms with Gasteiger partial charge >= 0.3 is 0 Å². The van der Waals surface area contributed by atoms with Gasteiger partial charge in [-0.25, -0.2) is 4.98 Å². The van der Waals surface area contributed by atoms with Gasteiger partial charge in [-0.05, 0) is 30.3 Å². The normalized spacial score (nSPS) is 14.5. The number of carbonyl (C=O) groups excluding carboxylic acids is 1. The molecule has 4 rings (SSSR count). The maximum absolute atomic E-state index is 12.8. The number of rotatable bonds is 3. The van der Waals surface area contributed by atoms with Crippen LogP contribution in [0.4, 0.5) is 10.8 Å². The number of nitro benzene ring substituents is 1. The molecule has 1 fully saturated rings. The van der Waals surface area contributed by atoms with Gasteiger partial charge in [-0.15, -0.1) is 0 Å². The molecular formula is C18H14BrClN4O3S. The van der Waals surface area contributed by atoms with Gasteiger partial charge in [0, 0.05) is 41.7 Å². The molecule has 3 aromatic rings. The van der Waals surface area contributed by atoms with Crippen LogP contribution < -0.4 is 4.90 Å². The molecule has 144 valence electrons. The number of aromatic nitrogens is 1. The van der Waals surface area contributed by atoms with E-state index >= 15 is 0 Å². The number of anilines is 1. The van der Waals surface area contributed by atoms with Crippen molar-refractivity contribution < 1.29 is 9.72 Å². The Kier molecular flexibility index (Phi) is 5.22. The highest BCUT2D eigenvalue weighted by Crippen LogP contribution is 2.32. The van der Waals surface area contributed by atoms with E-state index in [9.17, 15) is 14.9 Å². The SMILES string of the molecule is O=C(c1cc(Cl)ccc1[N+](=O)[O-])N1CCN(c2nc3ccc(Br)cc3s2)CC1. The third kappa shape index (κ3) is 3.69. The number of hydrogen-bond acceptors (Lipinski definition) is 6. The van der Waals surface area contributed by atoms with Crippen molar-refractivity contribution in [2.75, 3.05) is 31.1 Å². The van der Waals surface area contributed by atoms with Crippen LogP contribution in [0, 0.1) is 10.1 Å². The van der Waals surface area contributed by atoms with E-state index in [1.165, 1.54) is 18.2 Å². The summed E-state index contributed by atoms with van der Waals surface area (Å²) in [5, 5.41) is 12.5. The van der Waals surface area contributed by atoms with Crippen LogP contribution in [0.25, 0.3) is 10.2 Å². The molecule has 0 bridgehead atoms. The lowest BCUT2D eigenvalue weighted by Crippen LogP contribution is -2.48. The molecule has 0 N–H and O–H groups in total. The third-order valence-corrected chi connectivity index (χ3v) is 6.37. The maximum atomic E-state index is 12.8. The Balaban J connectivity index is 1.50. The lowest BCUT2D eigenvalue weighted by Gasteiger charge is -2.34. The summed E-state index contributed by atoms with van der Waals surface area (Å²) >= 11 is 11.0. The standard InChI is InChI=1S/C18H14BrClN4O3S/c19-11-1-3-14-16(9-11)28-18(21-14)23-7-5-22(6-8-23)17(25)13-10-12(20)2-4-15(13)24(26)27/h1-4,9-10H,5-8H2. The van der Waals surface area contributed by atoms with Gasteiger partial charge in [-0.3, -0.25) is 14.9 Å².